The van der Waals surface area contributed by atoms with Gasteiger partial charge in [0.2, 0.25) is 0 Å². The van der Waals surface area contributed by atoms with E-state index in [4.69, 9.17) is 0 Å². The van der Waals surface area contributed by atoms with Crippen LogP contribution in [0.15, 0.2) is 35.1 Å². The number of H-pyrrole nitrogens is 1. The Morgan fingerprint density at radius 2 is 1.96 bits per heavy atom. The first-order chi connectivity index (χ1) is 12.5. The number of nitrogens with zero attached hydrogens (tertiary/aromatic N) is 2. The lowest BCUT2D eigenvalue weighted by Gasteiger charge is -2.32. The lowest BCUT2D eigenvalue weighted by molar-refractivity contribution is 0.0714. The number of piperidine rings is 1. The van der Waals surface area contributed by atoms with Crippen LogP contribution < -0.4 is 5.56 Å². The Morgan fingerprint density at radius 1 is 1.23 bits per heavy atom. The molecule has 5 nitrogen and oxygen atoms in total. The number of aryl methyl sites for hydroxylation is 2. The lowest BCUT2D eigenvalue weighted by atomic mass is 9.92. The van der Waals surface area contributed by atoms with Gasteiger partial charge in [-0.1, -0.05) is 18.2 Å². The molecule has 134 valence electrons. The molecule has 1 fully saturated rings. The average Bonchev–Trinajstić information content (AvgIpc) is 2.96. The van der Waals surface area contributed by atoms with Crippen molar-refractivity contribution in [3.63, 3.8) is 0 Å². The first kappa shape index (κ1) is 17.0. The second-order valence-corrected chi connectivity index (χ2v) is 8.11. The molecule has 0 unspecified atom stereocenters. The number of aromatic amines is 1. The van der Waals surface area contributed by atoms with E-state index in [1.807, 2.05) is 30.0 Å². The minimum atomic E-state index is -0.105. The van der Waals surface area contributed by atoms with Crippen molar-refractivity contribution in [1.29, 1.82) is 0 Å². The Labute approximate surface area is 155 Å². The number of benzene rings is 1. The van der Waals surface area contributed by atoms with E-state index in [9.17, 15) is 9.59 Å². The van der Waals surface area contributed by atoms with Gasteiger partial charge in [0, 0.05) is 40.0 Å². The Kier molecular flexibility index (Phi) is 4.36. The predicted molar refractivity (Wildman–Crippen MR) is 104 cm³/mol. The topological polar surface area (TPSA) is 66.1 Å². The van der Waals surface area contributed by atoms with Crippen LogP contribution in [0.2, 0.25) is 0 Å². The highest BCUT2D eigenvalue weighted by Gasteiger charge is 2.28. The molecule has 0 aliphatic carbocycles. The summed E-state index contributed by atoms with van der Waals surface area (Å²) in [5, 5.41) is 1.05. The number of aromatic nitrogens is 2. The molecule has 1 aliphatic rings. The molecular weight excluding hydrogens is 346 g/mol. The highest BCUT2D eigenvalue weighted by molar-refractivity contribution is 7.19. The molecule has 3 aromatic rings. The van der Waals surface area contributed by atoms with Gasteiger partial charge in [-0.25, -0.2) is 4.98 Å². The molecule has 0 radical (unpaired) electrons. The van der Waals surface area contributed by atoms with Crippen molar-refractivity contribution in [2.75, 3.05) is 13.1 Å². The molecule has 3 heterocycles. The molecule has 1 N–H and O–H groups in total. The maximum atomic E-state index is 13.1. The Balaban J connectivity index is 1.53. The second-order valence-electron chi connectivity index (χ2n) is 6.85. The zero-order valence-electron chi connectivity index (χ0n) is 14.9. The minimum absolute atomic E-state index is 0.105. The molecule has 0 spiro atoms. The van der Waals surface area contributed by atoms with Crippen LogP contribution in [0.3, 0.4) is 0 Å². The van der Waals surface area contributed by atoms with Crippen molar-refractivity contribution in [3.8, 4) is 0 Å². The van der Waals surface area contributed by atoms with Gasteiger partial charge in [-0.15, -0.1) is 11.3 Å². The molecule has 0 bridgehead atoms. The zero-order chi connectivity index (χ0) is 18.3. The third-order valence-electron chi connectivity index (χ3n) is 5.07. The van der Waals surface area contributed by atoms with Crippen molar-refractivity contribution < 1.29 is 4.79 Å². The number of hydrogen-bond donors (Lipinski definition) is 1. The largest absolute Gasteiger partial charge is 0.339 e. The second kappa shape index (κ2) is 6.68. The van der Waals surface area contributed by atoms with Gasteiger partial charge in [0.05, 0.1) is 11.3 Å². The van der Waals surface area contributed by atoms with Gasteiger partial charge in [0.1, 0.15) is 5.82 Å². The van der Waals surface area contributed by atoms with Gasteiger partial charge >= 0.3 is 0 Å². The van der Waals surface area contributed by atoms with E-state index in [0.29, 0.717) is 18.9 Å². The van der Waals surface area contributed by atoms with Gasteiger partial charge < -0.3 is 9.88 Å². The van der Waals surface area contributed by atoms with Crippen LogP contribution in [-0.2, 0) is 0 Å². The summed E-state index contributed by atoms with van der Waals surface area (Å²) in [6, 6.07) is 9.68. The van der Waals surface area contributed by atoms with E-state index >= 15 is 0 Å². The van der Waals surface area contributed by atoms with Crippen LogP contribution in [0.4, 0.5) is 0 Å². The molecule has 1 aromatic carbocycles. The fraction of sp³-hybridized carbons (Fsp3) is 0.350. The lowest BCUT2D eigenvalue weighted by Crippen LogP contribution is -2.38. The number of amides is 1. The number of thiophene rings is 1. The van der Waals surface area contributed by atoms with Crippen LogP contribution in [0.25, 0.3) is 10.1 Å². The van der Waals surface area contributed by atoms with E-state index in [2.05, 4.69) is 16.0 Å². The predicted octanol–water partition coefficient (Wildman–Crippen LogP) is 3.62. The summed E-state index contributed by atoms with van der Waals surface area (Å²) >= 11 is 1.68. The van der Waals surface area contributed by atoms with E-state index < -0.39 is 0 Å². The summed E-state index contributed by atoms with van der Waals surface area (Å²) in [5.74, 6) is 1.00. The van der Waals surface area contributed by atoms with Crippen molar-refractivity contribution in [3.05, 3.63) is 62.6 Å². The van der Waals surface area contributed by atoms with Crippen LogP contribution >= 0.6 is 11.3 Å². The van der Waals surface area contributed by atoms with Gasteiger partial charge in [-0.05, 0) is 32.8 Å². The summed E-state index contributed by atoms with van der Waals surface area (Å²) in [6.45, 7) is 5.21. The van der Waals surface area contributed by atoms with E-state index in [-0.39, 0.29) is 17.4 Å². The summed E-state index contributed by atoms with van der Waals surface area (Å²) < 4.78 is 1.16. The molecule has 1 amide bonds. The highest BCUT2D eigenvalue weighted by Crippen LogP contribution is 2.33. The normalized spacial score (nSPS) is 15.5. The van der Waals surface area contributed by atoms with Crippen LogP contribution in [0.5, 0.6) is 0 Å². The zero-order valence-corrected chi connectivity index (χ0v) is 15.7. The highest BCUT2D eigenvalue weighted by atomic mass is 32.1. The number of likely N-dealkylation sites (tertiary alicyclic amines) is 1. The minimum Gasteiger partial charge on any atom is -0.339 e. The number of hydrogen-bond acceptors (Lipinski definition) is 4. The van der Waals surface area contributed by atoms with E-state index in [1.54, 1.807) is 24.3 Å². The summed E-state index contributed by atoms with van der Waals surface area (Å²) in [6.07, 6.45) is 1.67. The first-order valence-corrected chi connectivity index (χ1v) is 9.70. The number of nitrogens with one attached hydrogen (secondary N) is 1. The monoisotopic (exact) mass is 367 g/mol. The van der Waals surface area contributed by atoms with Crippen molar-refractivity contribution in [2.45, 2.75) is 32.6 Å². The van der Waals surface area contributed by atoms with Crippen molar-refractivity contribution in [2.24, 2.45) is 0 Å². The molecule has 6 heteroatoms. The molecule has 4 rings (SSSR count). The van der Waals surface area contributed by atoms with Gasteiger partial charge in [0.15, 0.2) is 0 Å². The number of carbonyl (C=O) groups is 1. The SMILES string of the molecule is Cc1nc(C2CCN(C(=O)c3c(C)sc4ccccc34)CC2)cc(=O)[nH]1. The Hall–Kier alpha value is -2.47. The molecule has 26 heavy (non-hydrogen) atoms. The Bertz CT molecular complexity index is 1030. The summed E-state index contributed by atoms with van der Waals surface area (Å²) in [7, 11) is 0. The van der Waals surface area contributed by atoms with E-state index in [1.165, 1.54) is 0 Å². The molecule has 2 aromatic heterocycles. The average molecular weight is 367 g/mol. The maximum absolute atomic E-state index is 13.1. The smallest absolute Gasteiger partial charge is 0.255 e. The summed E-state index contributed by atoms with van der Waals surface area (Å²) in [4.78, 5) is 35.0. The van der Waals surface area contributed by atoms with Crippen LogP contribution in [0.1, 0.15) is 45.5 Å². The van der Waals surface area contributed by atoms with Crippen LogP contribution in [0, 0.1) is 13.8 Å². The van der Waals surface area contributed by atoms with Crippen LogP contribution in [-0.4, -0.2) is 33.9 Å². The Morgan fingerprint density at radius 3 is 2.69 bits per heavy atom. The third-order valence-corrected chi connectivity index (χ3v) is 6.15. The fourth-order valence-corrected chi connectivity index (χ4v) is 4.84. The molecule has 1 aliphatic heterocycles. The molecule has 0 atom stereocenters. The standard InChI is InChI=1S/C20H21N3O2S/c1-12-19(15-5-3-4-6-17(15)26-12)20(25)23-9-7-14(8-10-23)16-11-18(24)22-13(2)21-16/h3-6,11,14H,7-10H2,1-2H3,(H,21,22,24). The maximum Gasteiger partial charge on any atom is 0.255 e. The number of rotatable bonds is 2. The summed E-state index contributed by atoms with van der Waals surface area (Å²) in [5.41, 5.74) is 1.58. The van der Waals surface area contributed by atoms with Gasteiger partial charge in [-0.3, -0.25) is 9.59 Å². The van der Waals surface area contributed by atoms with E-state index in [0.717, 1.165) is 39.1 Å². The van der Waals surface area contributed by atoms with Crippen molar-refractivity contribution in [1.82, 2.24) is 14.9 Å². The van der Waals surface area contributed by atoms with Gasteiger partial charge in [-0.2, -0.15) is 0 Å². The quantitative estimate of drug-likeness (QED) is 0.752. The van der Waals surface area contributed by atoms with Crippen molar-refractivity contribution >= 4 is 27.3 Å². The number of carbonyl (C=O) groups excluding carboxylic acids is 1. The number of fused-ring (bicyclic) bond motifs is 1. The first-order valence-electron chi connectivity index (χ1n) is 8.88. The third kappa shape index (κ3) is 3.05. The fourth-order valence-electron chi connectivity index (χ4n) is 3.78. The molecule has 0 saturated carbocycles. The van der Waals surface area contributed by atoms with Gasteiger partial charge in [0.25, 0.3) is 11.5 Å². The molecule has 1 saturated heterocycles. The molecular formula is C20H21N3O2S.